The van der Waals surface area contributed by atoms with E-state index in [4.69, 9.17) is 16.3 Å². The number of rotatable bonds is 4. The highest BCUT2D eigenvalue weighted by atomic mass is 16.5. The van der Waals surface area contributed by atoms with Gasteiger partial charge in [-0.3, -0.25) is 4.99 Å². The number of aromatic nitrogens is 1. The second kappa shape index (κ2) is 10.5. The summed E-state index contributed by atoms with van der Waals surface area (Å²) in [7, 11) is 0. The van der Waals surface area contributed by atoms with Gasteiger partial charge in [0.15, 0.2) is 5.69 Å². The number of ether oxygens (including phenoxy) is 1. The molecule has 0 bridgehead atoms. The molecule has 7 rings (SSSR count). The lowest BCUT2D eigenvalue weighted by Crippen LogP contribution is -2.38. The van der Waals surface area contributed by atoms with Crippen molar-refractivity contribution in [2.24, 2.45) is 10.4 Å². The fourth-order valence-corrected chi connectivity index (χ4v) is 6.75. The number of fused-ring (bicyclic) bond motifs is 4. The van der Waals surface area contributed by atoms with E-state index in [1.54, 1.807) is 6.07 Å². The minimum Gasteiger partial charge on any atom is -0.506 e. The Kier molecular flexibility index (Phi) is 6.62. The molecule has 0 saturated heterocycles. The van der Waals surface area contributed by atoms with Crippen molar-refractivity contribution in [3.8, 4) is 17.4 Å². The standard InChI is InChI=1S/C38H34N4O2/c1-23-19-27(22-30(20-23)44-33-15-10-26-18-24(2)21-32(43)34(26)40-33)37-41-36-35(42(37)29-13-11-28(39-5)12-14-29)31-9-7-6-8-25(31)16-17-38(36,3)4/h6-15,18-22,35-36,43H,16-17H2,1-4H3/t35-,36-/m1/s1. The van der Waals surface area contributed by atoms with Gasteiger partial charge in [0.2, 0.25) is 5.88 Å². The number of aryl methyl sites for hydroxylation is 3. The summed E-state index contributed by atoms with van der Waals surface area (Å²) in [6.07, 6.45) is 2.05. The molecule has 0 fully saturated rings. The summed E-state index contributed by atoms with van der Waals surface area (Å²) in [5.41, 5.74) is 7.71. The molecule has 44 heavy (non-hydrogen) atoms. The number of nitrogens with zero attached hydrogens (tertiary/aromatic N) is 4. The molecule has 1 N–H and O–H groups in total. The Labute approximate surface area is 258 Å². The normalized spacial score (nSPS) is 18.6. The molecule has 2 atom stereocenters. The Bertz CT molecular complexity index is 1990. The van der Waals surface area contributed by atoms with E-state index in [1.807, 2.05) is 61.5 Å². The molecule has 2 aliphatic rings. The topological polar surface area (TPSA) is 62.3 Å². The molecule has 0 radical (unpaired) electrons. The average molecular weight is 579 g/mol. The number of phenolic OH excluding ortho intramolecular Hbond substituents is 1. The van der Waals surface area contributed by atoms with Crippen LogP contribution in [0.1, 0.15) is 54.1 Å². The summed E-state index contributed by atoms with van der Waals surface area (Å²) in [5.74, 6) is 2.08. The minimum atomic E-state index is -0.0430. The first-order valence-electron chi connectivity index (χ1n) is 15.0. The molecule has 1 aliphatic heterocycles. The summed E-state index contributed by atoms with van der Waals surface area (Å²) in [5, 5.41) is 11.4. The number of benzene rings is 4. The van der Waals surface area contributed by atoms with Crippen molar-refractivity contribution in [1.29, 1.82) is 0 Å². The molecule has 6 nitrogen and oxygen atoms in total. The van der Waals surface area contributed by atoms with Gasteiger partial charge in [-0.1, -0.05) is 50.2 Å². The molecule has 6 heteroatoms. The summed E-state index contributed by atoms with van der Waals surface area (Å²) in [6, 6.07) is 30.3. The molecule has 0 unspecified atom stereocenters. The second-order valence-electron chi connectivity index (χ2n) is 12.7. The largest absolute Gasteiger partial charge is 0.506 e. The molecule has 1 aliphatic carbocycles. The van der Waals surface area contributed by atoms with Crippen LogP contribution in [0.4, 0.5) is 11.4 Å². The number of aromatic hydroxyl groups is 1. The molecular formula is C38H34N4O2. The third kappa shape index (κ3) is 4.85. The Hall–Kier alpha value is -5.15. The molecule has 218 valence electrons. The molecule has 2 heterocycles. The first-order chi connectivity index (χ1) is 21.2. The summed E-state index contributed by atoms with van der Waals surface area (Å²) < 4.78 is 6.33. The van der Waals surface area contributed by atoms with Crippen LogP contribution in [0.2, 0.25) is 0 Å². The lowest BCUT2D eigenvalue weighted by Gasteiger charge is -2.36. The van der Waals surface area contributed by atoms with Crippen molar-refractivity contribution in [3.05, 3.63) is 130 Å². The van der Waals surface area contributed by atoms with Crippen molar-refractivity contribution in [2.45, 2.75) is 52.6 Å². The van der Waals surface area contributed by atoms with E-state index < -0.39 is 0 Å². The Morgan fingerprint density at radius 3 is 2.50 bits per heavy atom. The highest BCUT2D eigenvalue weighted by molar-refractivity contribution is 6.12. The van der Waals surface area contributed by atoms with Crippen LogP contribution in [0.3, 0.4) is 0 Å². The van der Waals surface area contributed by atoms with Gasteiger partial charge in [-0.25, -0.2) is 9.83 Å². The van der Waals surface area contributed by atoms with E-state index in [0.717, 1.165) is 46.4 Å². The molecule has 1 aromatic heterocycles. The number of aliphatic imine (C=N–C) groups is 1. The van der Waals surface area contributed by atoms with Gasteiger partial charge < -0.3 is 14.7 Å². The van der Waals surface area contributed by atoms with Gasteiger partial charge in [-0.2, -0.15) is 0 Å². The van der Waals surface area contributed by atoms with Crippen molar-refractivity contribution in [3.63, 3.8) is 0 Å². The van der Waals surface area contributed by atoms with E-state index >= 15 is 0 Å². The van der Waals surface area contributed by atoms with Crippen molar-refractivity contribution < 1.29 is 9.84 Å². The molecule has 5 aromatic rings. The van der Waals surface area contributed by atoms with E-state index in [0.29, 0.717) is 22.8 Å². The summed E-state index contributed by atoms with van der Waals surface area (Å²) >= 11 is 0. The number of amidine groups is 1. The highest BCUT2D eigenvalue weighted by Crippen LogP contribution is 2.50. The van der Waals surface area contributed by atoms with Gasteiger partial charge in [0.1, 0.15) is 22.9 Å². The first-order valence-corrected chi connectivity index (χ1v) is 15.0. The minimum absolute atomic E-state index is 0.0101. The number of hydrogen-bond acceptors (Lipinski definition) is 5. The summed E-state index contributed by atoms with van der Waals surface area (Å²) in [4.78, 5) is 16.1. The van der Waals surface area contributed by atoms with Crippen LogP contribution in [0, 0.1) is 25.8 Å². The van der Waals surface area contributed by atoms with Crippen LogP contribution in [0.25, 0.3) is 15.7 Å². The molecule has 0 amide bonds. The first kappa shape index (κ1) is 27.7. The van der Waals surface area contributed by atoms with Gasteiger partial charge in [0.05, 0.1) is 18.7 Å². The smallest absolute Gasteiger partial charge is 0.219 e. The lowest BCUT2D eigenvalue weighted by atomic mass is 9.78. The number of anilines is 1. The van der Waals surface area contributed by atoms with Gasteiger partial charge in [-0.15, -0.1) is 0 Å². The zero-order valence-corrected chi connectivity index (χ0v) is 25.4. The Morgan fingerprint density at radius 2 is 1.70 bits per heavy atom. The summed E-state index contributed by atoms with van der Waals surface area (Å²) in [6.45, 7) is 16.1. The molecular weight excluding hydrogens is 544 g/mol. The van der Waals surface area contributed by atoms with E-state index in [2.05, 4.69) is 65.8 Å². The van der Waals surface area contributed by atoms with Crippen molar-refractivity contribution in [1.82, 2.24) is 4.98 Å². The molecule has 0 spiro atoms. The monoisotopic (exact) mass is 578 g/mol. The zero-order valence-electron chi connectivity index (χ0n) is 25.4. The molecule has 4 aromatic carbocycles. The molecule has 0 saturated carbocycles. The zero-order chi connectivity index (χ0) is 30.6. The van der Waals surface area contributed by atoms with Gasteiger partial charge >= 0.3 is 0 Å². The van der Waals surface area contributed by atoms with Gasteiger partial charge in [-0.05, 0) is 103 Å². The third-order valence-corrected chi connectivity index (χ3v) is 8.96. The van der Waals surface area contributed by atoms with Crippen LogP contribution in [-0.2, 0) is 6.42 Å². The SMILES string of the molecule is [C-]#[N+]c1ccc(N2C(c3cc(C)cc(Oc4ccc5cc(C)cc(O)c5n4)c3)=N[C@@H]3[C@H]2c2ccccc2CCC3(C)C)cc1. The number of hydrogen-bond donors (Lipinski definition) is 1. The van der Waals surface area contributed by atoms with E-state index in [1.165, 1.54) is 11.1 Å². The quantitative estimate of drug-likeness (QED) is 0.216. The maximum absolute atomic E-state index is 10.5. The van der Waals surface area contributed by atoms with Crippen LogP contribution in [-0.4, -0.2) is 22.0 Å². The van der Waals surface area contributed by atoms with Crippen LogP contribution in [0.15, 0.2) is 96.0 Å². The fourth-order valence-electron chi connectivity index (χ4n) is 6.75. The van der Waals surface area contributed by atoms with Gasteiger partial charge in [0.25, 0.3) is 0 Å². The van der Waals surface area contributed by atoms with Crippen LogP contribution >= 0.6 is 0 Å². The van der Waals surface area contributed by atoms with Crippen LogP contribution in [0.5, 0.6) is 17.4 Å². The predicted molar refractivity (Wildman–Crippen MR) is 176 cm³/mol. The number of pyridine rings is 1. The average Bonchev–Trinajstić information content (AvgIpc) is 3.37. The fraction of sp³-hybridized carbons (Fsp3) is 0.237. The second-order valence-corrected chi connectivity index (χ2v) is 12.7. The third-order valence-electron chi connectivity index (χ3n) is 8.96. The maximum Gasteiger partial charge on any atom is 0.219 e. The van der Waals surface area contributed by atoms with E-state index in [9.17, 15) is 5.11 Å². The van der Waals surface area contributed by atoms with Crippen LogP contribution < -0.4 is 9.64 Å². The van der Waals surface area contributed by atoms with Crippen molar-refractivity contribution >= 4 is 28.1 Å². The van der Waals surface area contributed by atoms with Crippen molar-refractivity contribution in [2.75, 3.05) is 4.90 Å². The lowest BCUT2D eigenvalue weighted by molar-refractivity contribution is 0.255. The number of phenols is 1. The van der Waals surface area contributed by atoms with Gasteiger partial charge in [0, 0.05) is 22.7 Å². The maximum atomic E-state index is 10.5. The highest BCUT2D eigenvalue weighted by Gasteiger charge is 2.48. The Morgan fingerprint density at radius 1 is 0.932 bits per heavy atom. The predicted octanol–water partition coefficient (Wildman–Crippen LogP) is 9.25. The van der Waals surface area contributed by atoms with E-state index in [-0.39, 0.29) is 23.2 Å². The Balaban J connectivity index is 1.34.